The summed E-state index contributed by atoms with van der Waals surface area (Å²) in [7, 11) is 2.07. The molecule has 0 aliphatic carbocycles. The van der Waals surface area contributed by atoms with Crippen LogP contribution in [0.3, 0.4) is 0 Å². The van der Waals surface area contributed by atoms with E-state index in [0.29, 0.717) is 23.1 Å². The maximum Gasteiger partial charge on any atom is 0.251 e. The van der Waals surface area contributed by atoms with Gasteiger partial charge < -0.3 is 16.0 Å². The molecule has 1 rings (SSSR count). The summed E-state index contributed by atoms with van der Waals surface area (Å²) in [5.74, 6) is -0.0722. The Hall–Kier alpha value is -1.46. The number of nitrogens with one attached hydrogen (secondary N) is 1. The molecular formula is C15H23N3OS. The van der Waals surface area contributed by atoms with Gasteiger partial charge in [-0.1, -0.05) is 31.3 Å². The number of benzene rings is 1. The van der Waals surface area contributed by atoms with Gasteiger partial charge in [-0.25, -0.2) is 0 Å². The molecular weight excluding hydrogens is 270 g/mol. The van der Waals surface area contributed by atoms with Gasteiger partial charge >= 0.3 is 0 Å². The van der Waals surface area contributed by atoms with E-state index in [4.69, 9.17) is 18.0 Å². The number of carbonyl (C=O) groups is 1. The van der Waals surface area contributed by atoms with Crippen LogP contribution in [0, 0.1) is 0 Å². The number of carbonyl (C=O) groups excluding carboxylic acids is 1. The molecule has 0 aliphatic rings. The molecule has 5 heteroatoms. The Morgan fingerprint density at radius 1 is 1.35 bits per heavy atom. The van der Waals surface area contributed by atoms with Gasteiger partial charge in [-0.15, -0.1) is 0 Å². The minimum atomic E-state index is -0.0722. The first-order chi connectivity index (χ1) is 9.45. The fourth-order valence-corrected chi connectivity index (χ4v) is 1.90. The molecule has 20 heavy (non-hydrogen) atoms. The molecule has 4 nitrogen and oxygen atoms in total. The van der Waals surface area contributed by atoms with Crippen LogP contribution in [0.4, 0.5) is 0 Å². The Labute approximate surface area is 126 Å². The van der Waals surface area contributed by atoms with Crippen LogP contribution in [0.2, 0.25) is 0 Å². The van der Waals surface area contributed by atoms with Gasteiger partial charge in [-0.05, 0) is 32.5 Å². The molecule has 0 spiro atoms. The van der Waals surface area contributed by atoms with Crippen molar-refractivity contribution < 1.29 is 4.79 Å². The highest BCUT2D eigenvalue weighted by atomic mass is 32.1. The van der Waals surface area contributed by atoms with Gasteiger partial charge in [0.15, 0.2) is 0 Å². The third-order valence-corrected chi connectivity index (χ3v) is 3.76. The molecule has 1 aromatic carbocycles. The number of thiocarbonyl (C=S) groups is 1. The lowest BCUT2D eigenvalue weighted by Crippen LogP contribution is -2.37. The van der Waals surface area contributed by atoms with Crippen LogP contribution in [0.25, 0.3) is 0 Å². The SMILES string of the molecule is CCC(C)N(C)CCNC(=O)c1ccc(C(N)=S)cc1. The van der Waals surface area contributed by atoms with E-state index < -0.39 is 0 Å². The predicted octanol–water partition coefficient (Wildman–Crippen LogP) is 1.78. The number of nitrogens with zero attached hydrogens (tertiary/aromatic N) is 1. The van der Waals surface area contributed by atoms with Gasteiger partial charge in [-0.3, -0.25) is 4.79 Å². The zero-order valence-corrected chi connectivity index (χ0v) is 13.2. The maximum atomic E-state index is 12.0. The summed E-state index contributed by atoms with van der Waals surface area (Å²) in [6, 6.07) is 7.53. The van der Waals surface area contributed by atoms with Crippen LogP contribution < -0.4 is 11.1 Å². The average Bonchev–Trinajstić information content (AvgIpc) is 2.46. The van der Waals surface area contributed by atoms with Crippen LogP contribution in [0.5, 0.6) is 0 Å². The molecule has 0 aliphatic heterocycles. The molecule has 110 valence electrons. The second-order valence-electron chi connectivity index (χ2n) is 4.94. The predicted molar refractivity (Wildman–Crippen MR) is 87.0 cm³/mol. The Kier molecular flexibility index (Phi) is 6.61. The molecule has 1 amide bonds. The molecule has 1 unspecified atom stereocenters. The van der Waals surface area contributed by atoms with Crippen molar-refractivity contribution in [2.75, 3.05) is 20.1 Å². The molecule has 0 fully saturated rings. The van der Waals surface area contributed by atoms with E-state index in [2.05, 4.69) is 31.1 Å². The lowest BCUT2D eigenvalue weighted by molar-refractivity contribution is 0.0947. The fourth-order valence-electron chi connectivity index (χ4n) is 1.77. The van der Waals surface area contributed by atoms with Crippen molar-refractivity contribution >= 4 is 23.1 Å². The molecule has 1 aromatic rings. The summed E-state index contributed by atoms with van der Waals surface area (Å²) in [5, 5.41) is 2.91. The first-order valence-corrected chi connectivity index (χ1v) is 7.24. The first kappa shape index (κ1) is 16.6. The van der Waals surface area contributed by atoms with Crippen molar-refractivity contribution in [1.29, 1.82) is 0 Å². The number of amides is 1. The van der Waals surface area contributed by atoms with Crippen molar-refractivity contribution in [2.24, 2.45) is 5.73 Å². The van der Waals surface area contributed by atoms with Crippen LogP contribution in [-0.4, -0.2) is 42.0 Å². The number of hydrogen-bond acceptors (Lipinski definition) is 3. The molecule has 1 atom stereocenters. The second kappa shape index (κ2) is 7.97. The van der Waals surface area contributed by atoms with Crippen molar-refractivity contribution in [2.45, 2.75) is 26.3 Å². The van der Waals surface area contributed by atoms with Crippen molar-refractivity contribution in [3.63, 3.8) is 0 Å². The van der Waals surface area contributed by atoms with Crippen LogP contribution in [0.15, 0.2) is 24.3 Å². The first-order valence-electron chi connectivity index (χ1n) is 6.84. The Bertz CT molecular complexity index is 459. The highest BCUT2D eigenvalue weighted by Gasteiger charge is 2.08. The monoisotopic (exact) mass is 293 g/mol. The zero-order valence-electron chi connectivity index (χ0n) is 12.3. The Balaban J connectivity index is 2.45. The summed E-state index contributed by atoms with van der Waals surface area (Å²) in [4.78, 5) is 14.5. The molecule has 0 aromatic heterocycles. The number of hydrogen-bond donors (Lipinski definition) is 2. The standard InChI is InChI=1S/C15H23N3OS/c1-4-11(2)18(3)10-9-17-15(19)13-7-5-12(6-8-13)14(16)20/h5-8,11H,4,9-10H2,1-3H3,(H2,16,20)(H,17,19). The largest absolute Gasteiger partial charge is 0.389 e. The van der Waals surface area contributed by atoms with E-state index in [1.165, 1.54) is 0 Å². The molecule has 0 bridgehead atoms. The van der Waals surface area contributed by atoms with Crippen LogP contribution in [0.1, 0.15) is 36.2 Å². The smallest absolute Gasteiger partial charge is 0.251 e. The van der Waals surface area contributed by atoms with Gasteiger partial charge in [0.2, 0.25) is 0 Å². The third kappa shape index (κ3) is 4.90. The Morgan fingerprint density at radius 2 is 1.90 bits per heavy atom. The molecule has 0 saturated carbocycles. The zero-order chi connectivity index (χ0) is 15.1. The summed E-state index contributed by atoms with van der Waals surface area (Å²) in [6.07, 6.45) is 1.10. The highest BCUT2D eigenvalue weighted by molar-refractivity contribution is 7.80. The van der Waals surface area contributed by atoms with E-state index in [1.54, 1.807) is 24.3 Å². The van der Waals surface area contributed by atoms with Crippen LogP contribution in [-0.2, 0) is 0 Å². The minimum Gasteiger partial charge on any atom is -0.389 e. The normalized spacial score (nSPS) is 12.2. The maximum absolute atomic E-state index is 12.0. The van der Waals surface area contributed by atoms with Gasteiger partial charge in [0.1, 0.15) is 4.99 Å². The lowest BCUT2D eigenvalue weighted by Gasteiger charge is -2.23. The number of nitrogens with two attached hydrogens (primary N) is 1. The van der Waals surface area contributed by atoms with E-state index in [1.807, 2.05) is 0 Å². The second-order valence-corrected chi connectivity index (χ2v) is 5.38. The summed E-state index contributed by atoms with van der Waals surface area (Å²) in [6.45, 7) is 5.81. The molecule has 0 saturated heterocycles. The average molecular weight is 293 g/mol. The quantitative estimate of drug-likeness (QED) is 0.752. The van der Waals surface area contributed by atoms with Crippen molar-refractivity contribution in [3.8, 4) is 0 Å². The highest BCUT2D eigenvalue weighted by Crippen LogP contribution is 2.04. The summed E-state index contributed by atoms with van der Waals surface area (Å²) < 4.78 is 0. The fraction of sp³-hybridized carbons (Fsp3) is 0.467. The number of rotatable bonds is 7. The van der Waals surface area contributed by atoms with E-state index >= 15 is 0 Å². The van der Waals surface area contributed by atoms with Gasteiger partial charge in [0, 0.05) is 30.3 Å². The van der Waals surface area contributed by atoms with E-state index in [0.717, 1.165) is 18.5 Å². The van der Waals surface area contributed by atoms with Crippen LogP contribution >= 0.6 is 12.2 Å². The van der Waals surface area contributed by atoms with Gasteiger partial charge in [-0.2, -0.15) is 0 Å². The molecule has 0 heterocycles. The van der Waals surface area contributed by atoms with E-state index in [-0.39, 0.29) is 5.91 Å². The van der Waals surface area contributed by atoms with Crippen molar-refractivity contribution in [1.82, 2.24) is 10.2 Å². The lowest BCUT2D eigenvalue weighted by atomic mass is 10.1. The topological polar surface area (TPSA) is 58.4 Å². The molecule has 3 N–H and O–H groups in total. The van der Waals surface area contributed by atoms with Gasteiger partial charge in [0.05, 0.1) is 0 Å². The summed E-state index contributed by atoms with van der Waals surface area (Å²) in [5.41, 5.74) is 6.91. The number of likely N-dealkylation sites (N-methyl/N-ethyl adjacent to an activating group) is 1. The molecule has 0 radical (unpaired) electrons. The van der Waals surface area contributed by atoms with Crippen molar-refractivity contribution in [3.05, 3.63) is 35.4 Å². The van der Waals surface area contributed by atoms with Gasteiger partial charge in [0.25, 0.3) is 5.91 Å². The Morgan fingerprint density at radius 3 is 2.40 bits per heavy atom. The van der Waals surface area contributed by atoms with E-state index in [9.17, 15) is 4.79 Å². The minimum absolute atomic E-state index is 0.0722. The third-order valence-electron chi connectivity index (χ3n) is 3.52. The summed E-state index contributed by atoms with van der Waals surface area (Å²) >= 11 is 4.88.